The van der Waals surface area contributed by atoms with Crippen LogP contribution in [0.2, 0.25) is 12.6 Å². The molecule has 0 heterocycles. The maximum Gasteiger partial charge on any atom is 4.00 e. The monoisotopic (exact) mass is 943 g/mol. The molecule has 6 aromatic rings. The van der Waals surface area contributed by atoms with Gasteiger partial charge in [0.05, 0.1) is 8.07 Å². The van der Waals surface area contributed by atoms with Crippen LogP contribution in [0, 0.1) is 14.9 Å². The predicted molar refractivity (Wildman–Crippen MR) is 257 cm³/mol. The summed E-state index contributed by atoms with van der Waals surface area (Å²) >= 11 is 0. The molecule has 0 aliphatic rings. The summed E-state index contributed by atoms with van der Waals surface area (Å²) in [6.45, 7) is 33.1. The fraction of sp³-hybridized carbons (Fsp3) is 0.418. The summed E-state index contributed by atoms with van der Waals surface area (Å²) in [5.41, 5.74) is 11.3. The quantitative estimate of drug-likeness (QED) is 0.0770. The summed E-state index contributed by atoms with van der Waals surface area (Å²) < 4.78 is 0. The molecule has 0 saturated carbocycles. The number of unbranched alkanes of at least 4 members (excludes halogenated alkanes) is 3. The van der Waals surface area contributed by atoms with E-state index in [9.17, 15) is 0 Å². The van der Waals surface area contributed by atoms with Crippen LogP contribution in [0.4, 0.5) is 0 Å². The average molecular weight is 942 g/mol. The molecule has 0 N–H and O–H groups in total. The van der Waals surface area contributed by atoms with E-state index in [1.54, 1.807) is 10.4 Å². The van der Waals surface area contributed by atoms with Gasteiger partial charge in [0, 0.05) is 0 Å². The minimum atomic E-state index is -2.13. The van der Waals surface area contributed by atoms with Gasteiger partial charge in [-0.3, -0.25) is 0 Å². The van der Waals surface area contributed by atoms with E-state index in [-0.39, 0.29) is 62.4 Å². The van der Waals surface area contributed by atoms with Gasteiger partial charge in [-0.2, -0.15) is 12.1 Å². The summed E-state index contributed by atoms with van der Waals surface area (Å²) in [7, 11) is -2.13. The number of benzene rings is 4. The first-order valence-corrected chi connectivity index (χ1v) is 23.5. The van der Waals surface area contributed by atoms with Crippen molar-refractivity contribution in [2.45, 2.75) is 150 Å². The largest absolute Gasteiger partial charge is 4.00 e. The van der Waals surface area contributed by atoms with E-state index in [2.05, 4.69) is 194 Å². The molecule has 0 nitrogen and oxygen atoms in total. The molecule has 0 unspecified atom stereocenters. The smallest absolute Gasteiger partial charge is 0.358 e. The predicted octanol–water partition coefficient (Wildman–Crippen LogP) is 15.6. The van der Waals surface area contributed by atoms with E-state index in [0.29, 0.717) is 0 Å². The topological polar surface area (TPSA) is 0 Å². The van der Waals surface area contributed by atoms with Gasteiger partial charge < -0.3 is 14.9 Å². The van der Waals surface area contributed by atoms with E-state index >= 15 is 0 Å². The SMILES string of the molecule is CCCCCC[Si](C)(c1cc2c(-c3cc(C(C)(C)C)cc(C(C)(C)C)c3)cccc2[cH-]1)c1cc2c(-c3cc(C(C)(C)C)cc(C(C)(C)C)c3)cccc2[cH-]1.[CH3-].[CH3-].[Hf+4]. The van der Waals surface area contributed by atoms with Gasteiger partial charge in [0.25, 0.3) is 0 Å². The van der Waals surface area contributed by atoms with Gasteiger partial charge in [-0.15, -0.1) is 68.3 Å². The third kappa shape index (κ3) is 10.3. The minimum Gasteiger partial charge on any atom is -0.358 e. The van der Waals surface area contributed by atoms with Gasteiger partial charge in [0.15, 0.2) is 0 Å². The van der Waals surface area contributed by atoms with Crippen LogP contribution in [0.3, 0.4) is 0 Å². The van der Waals surface area contributed by atoms with Crippen LogP contribution in [-0.2, 0) is 47.5 Å². The summed E-state index contributed by atoms with van der Waals surface area (Å²) in [6.07, 6.45) is 5.16. The summed E-state index contributed by atoms with van der Waals surface area (Å²) in [5.74, 6) is 0. The van der Waals surface area contributed by atoms with E-state index in [4.69, 9.17) is 0 Å². The second kappa shape index (κ2) is 17.8. The third-order valence-corrected chi connectivity index (χ3v) is 16.7. The Labute approximate surface area is 369 Å². The molecule has 0 aliphatic carbocycles. The molecule has 0 bridgehead atoms. The van der Waals surface area contributed by atoms with Crippen LogP contribution in [0.5, 0.6) is 0 Å². The number of hydrogen-bond donors (Lipinski definition) is 0. The minimum absolute atomic E-state index is 0. The Morgan fingerprint density at radius 3 is 1.14 bits per heavy atom. The van der Waals surface area contributed by atoms with Crippen molar-refractivity contribution in [3.8, 4) is 22.3 Å². The molecule has 0 aromatic heterocycles. The van der Waals surface area contributed by atoms with Gasteiger partial charge in [-0.25, -0.2) is 0 Å². The van der Waals surface area contributed by atoms with Gasteiger partial charge in [0.1, 0.15) is 0 Å². The molecule has 6 rings (SSSR count). The number of fused-ring (bicyclic) bond motifs is 2. The molecule has 0 amide bonds. The van der Waals surface area contributed by atoms with E-state index in [0.717, 1.165) is 0 Å². The van der Waals surface area contributed by atoms with Crippen molar-refractivity contribution in [1.82, 2.24) is 0 Å². The summed E-state index contributed by atoms with van der Waals surface area (Å²) in [5, 5.41) is 8.70. The van der Waals surface area contributed by atoms with Crippen LogP contribution >= 0.6 is 0 Å². The third-order valence-electron chi connectivity index (χ3n) is 12.3. The van der Waals surface area contributed by atoms with E-state index in [1.165, 1.54) is 97.8 Å². The molecular formula is C55H74HfSi. The number of rotatable bonds is 9. The summed E-state index contributed by atoms with van der Waals surface area (Å²) in [6, 6.07) is 40.3. The molecule has 57 heavy (non-hydrogen) atoms. The average Bonchev–Trinajstić information content (AvgIpc) is 3.74. The van der Waals surface area contributed by atoms with Crippen LogP contribution in [0.1, 0.15) is 138 Å². The second-order valence-electron chi connectivity index (χ2n) is 20.8. The molecule has 0 atom stereocenters. The Morgan fingerprint density at radius 1 is 0.474 bits per heavy atom. The van der Waals surface area contributed by atoms with Gasteiger partial charge in [0.2, 0.25) is 0 Å². The molecule has 0 saturated heterocycles. The Kier molecular flexibility index (Phi) is 15.2. The van der Waals surface area contributed by atoms with Crippen molar-refractivity contribution in [1.29, 1.82) is 0 Å². The van der Waals surface area contributed by atoms with E-state index < -0.39 is 8.07 Å². The van der Waals surface area contributed by atoms with Crippen LogP contribution in [0.15, 0.2) is 97.1 Å². The Bertz CT molecular complexity index is 2040. The van der Waals surface area contributed by atoms with Gasteiger partial charge in [-0.05, 0) is 55.0 Å². The van der Waals surface area contributed by atoms with Crippen molar-refractivity contribution in [3.05, 3.63) is 134 Å². The number of hydrogen-bond acceptors (Lipinski definition) is 0. The van der Waals surface area contributed by atoms with Crippen LogP contribution in [-0.4, -0.2) is 8.07 Å². The maximum absolute atomic E-state index is 2.66. The first kappa shape index (κ1) is 48.6. The Balaban J connectivity index is 0.00000290. The van der Waals surface area contributed by atoms with Gasteiger partial charge in [-0.1, -0.05) is 188 Å². The second-order valence-corrected chi connectivity index (χ2v) is 25.2. The molecule has 6 aromatic carbocycles. The molecule has 0 radical (unpaired) electrons. The molecule has 0 spiro atoms. The van der Waals surface area contributed by atoms with Crippen molar-refractivity contribution < 1.29 is 25.8 Å². The summed E-state index contributed by atoms with van der Waals surface area (Å²) in [4.78, 5) is 0. The zero-order valence-corrected chi connectivity index (χ0v) is 43.4. The molecular weight excluding hydrogens is 867 g/mol. The fourth-order valence-corrected chi connectivity index (χ4v) is 12.0. The Morgan fingerprint density at radius 2 is 0.825 bits per heavy atom. The van der Waals surface area contributed by atoms with Crippen molar-refractivity contribution in [2.24, 2.45) is 0 Å². The van der Waals surface area contributed by atoms with Crippen molar-refractivity contribution >= 4 is 40.0 Å². The van der Waals surface area contributed by atoms with Crippen LogP contribution in [0.25, 0.3) is 43.8 Å². The van der Waals surface area contributed by atoms with Gasteiger partial charge >= 0.3 is 25.8 Å². The first-order valence-electron chi connectivity index (χ1n) is 20.8. The fourth-order valence-electron chi connectivity index (χ4n) is 8.27. The zero-order valence-electron chi connectivity index (χ0n) is 38.8. The first-order chi connectivity index (χ1) is 25.1. The van der Waals surface area contributed by atoms with Crippen molar-refractivity contribution in [3.63, 3.8) is 0 Å². The standard InChI is InChI=1S/C53H68Si.2CH3.Hf/c1-15-16-17-18-25-54(14,44-30-36-21-19-23-46(48(36)34-44)38-26-40(50(2,3)4)32-41(27-38)51(5,6)7)45-31-37-22-20-24-47(49(37)35-45)39-28-42(52(8,9)10)33-43(29-39)53(11,12)13;;;/h19-24,26-35H,15-18,25H2,1-14H3;2*1H3;/q-2;2*-1;+4. The molecule has 2 heteroatoms. The maximum atomic E-state index is 2.66. The molecule has 0 aliphatic heterocycles. The normalized spacial score (nSPS) is 12.7. The zero-order chi connectivity index (χ0) is 39.4. The van der Waals surface area contributed by atoms with Crippen molar-refractivity contribution in [2.75, 3.05) is 0 Å². The van der Waals surface area contributed by atoms with E-state index in [1.807, 2.05) is 0 Å². The molecule has 0 fully saturated rings. The van der Waals surface area contributed by atoms with Crippen LogP contribution < -0.4 is 10.4 Å². The Hall–Kier alpha value is -2.81. The molecule has 302 valence electrons.